The first-order valence-electron chi connectivity index (χ1n) is 5.30. The summed E-state index contributed by atoms with van der Waals surface area (Å²) in [5, 5.41) is 20.2. The Hall–Kier alpha value is -2.51. The van der Waals surface area contributed by atoms with Crippen LogP contribution in [0.15, 0.2) is 18.6 Å². The predicted molar refractivity (Wildman–Crippen MR) is 64.0 cm³/mol. The Morgan fingerprint density at radius 2 is 2.28 bits per heavy atom. The zero-order valence-corrected chi connectivity index (χ0v) is 9.91. The molecule has 0 radical (unpaired) electrons. The summed E-state index contributed by atoms with van der Waals surface area (Å²) < 4.78 is 0. The van der Waals surface area contributed by atoms with Gasteiger partial charge < -0.3 is 5.32 Å². The number of nitrogens with one attached hydrogen (secondary N) is 2. The number of aromatic nitrogens is 4. The molecule has 2 aromatic rings. The van der Waals surface area contributed by atoms with E-state index in [1.54, 1.807) is 13.0 Å². The first kappa shape index (κ1) is 12.0. The maximum absolute atomic E-state index is 10.7. The molecule has 8 nitrogen and oxygen atoms in total. The van der Waals surface area contributed by atoms with Crippen LogP contribution in [-0.4, -0.2) is 25.1 Å². The van der Waals surface area contributed by atoms with Gasteiger partial charge in [0.15, 0.2) is 0 Å². The molecule has 0 aliphatic heterocycles. The highest BCUT2D eigenvalue weighted by Crippen LogP contribution is 2.21. The van der Waals surface area contributed by atoms with Gasteiger partial charge in [0.2, 0.25) is 0 Å². The summed E-state index contributed by atoms with van der Waals surface area (Å²) in [5.74, 6) is 1.23. The van der Waals surface area contributed by atoms with Crippen LogP contribution < -0.4 is 5.32 Å². The number of hydrogen-bond donors (Lipinski definition) is 2. The van der Waals surface area contributed by atoms with Gasteiger partial charge in [-0.25, -0.2) is 9.97 Å². The summed E-state index contributed by atoms with van der Waals surface area (Å²) in [4.78, 5) is 18.2. The monoisotopic (exact) mass is 248 g/mol. The molecular formula is C10H12N6O2. The molecule has 0 aromatic carbocycles. The fourth-order valence-corrected chi connectivity index (χ4v) is 1.53. The van der Waals surface area contributed by atoms with Crippen molar-refractivity contribution in [2.45, 2.75) is 19.9 Å². The van der Waals surface area contributed by atoms with Crippen LogP contribution in [-0.2, 0) is 0 Å². The van der Waals surface area contributed by atoms with Gasteiger partial charge in [0.25, 0.3) is 5.69 Å². The lowest BCUT2D eigenvalue weighted by Crippen LogP contribution is -2.10. The molecule has 0 saturated carbocycles. The van der Waals surface area contributed by atoms with Crippen molar-refractivity contribution in [2.24, 2.45) is 0 Å². The minimum Gasteiger partial charge on any atom is -0.360 e. The van der Waals surface area contributed by atoms with E-state index in [0.29, 0.717) is 17.2 Å². The highest BCUT2D eigenvalue weighted by molar-refractivity contribution is 5.47. The average molecular weight is 248 g/mol. The molecule has 18 heavy (non-hydrogen) atoms. The normalized spacial score (nSPS) is 12.1. The molecule has 1 unspecified atom stereocenters. The van der Waals surface area contributed by atoms with E-state index < -0.39 is 4.92 Å². The summed E-state index contributed by atoms with van der Waals surface area (Å²) in [6, 6.07) is 1.52. The standard InChI is InChI=1S/C10H12N6O2/c1-6-3-9(11-4-8(6)16(17)18)14-7(2)10-12-5-13-15-10/h3-5,7H,1-2H3,(H,11,14)(H,12,13,15). The minimum absolute atomic E-state index is 0.00729. The van der Waals surface area contributed by atoms with Crippen LogP contribution in [0.1, 0.15) is 24.4 Å². The Bertz CT molecular complexity index is 554. The van der Waals surface area contributed by atoms with Crippen molar-refractivity contribution in [1.29, 1.82) is 0 Å². The van der Waals surface area contributed by atoms with Crippen molar-refractivity contribution in [1.82, 2.24) is 20.2 Å². The van der Waals surface area contributed by atoms with Crippen molar-refractivity contribution in [2.75, 3.05) is 5.32 Å². The highest BCUT2D eigenvalue weighted by Gasteiger charge is 2.13. The second-order valence-electron chi connectivity index (χ2n) is 3.85. The number of rotatable bonds is 4. The molecule has 0 spiro atoms. The van der Waals surface area contributed by atoms with Gasteiger partial charge in [0.1, 0.15) is 24.2 Å². The lowest BCUT2D eigenvalue weighted by atomic mass is 10.2. The molecule has 94 valence electrons. The van der Waals surface area contributed by atoms with E-state index in [1.807, 2.05) is 6.92 Å². The van der Waals surface area contributed by atoms with Crippen LogP contribution in [0.3, 0.4) is 0 Å². The summed E-state index contributed by atoms with van der Waals surface area (Å²) in [6.07, 6.45) is 2.66. The largest absolute Gasteiger partial charge is 0.360 e. The van der Waals surface area contributed by atoms with E-state index in [9.17, 15) is 10.1 Å². The van der Waals surface area contributed by atoms with Crippen molar-refractivity contribution in [3.05, 3.63) is 40.1 Å². The van der Waals surface area contributed by atoms with Gasteiger partial charge in [-0.15, -0.1) is 0 Å². The molecule has 0 aliphatic rings. The molecule has 1 atom stereocenters. The van der Waals surface area contributed by atoms with Gasteiger partial charge in [0.05, 0.1) is 11.0 Å². The molecule has 0 aliphatic carbocycles. The molecular weight excluding hydrogens is 236 g/mol. The smallest absolute Gasteiger partial charge is 0.290 e. The lowest BCUT2D eigenvalue weighted by Gasteiger charge is -2.11. The van der Waals surface area contributed by atoms with E-state index >= 15 is 0 Å². The molecule has 8 heteroatoms. The number of anilines is 1. The van der Waals surface area contributed by atoms with Crippen LogP contribution in [0, 0.1) is 17.0 Å². The van der Waals surface area contributed by atoms with Crippen LogP contribution in [0.25, 0.3) is 0 Å². The van der Waals surface area contributed by atoms with E-state index in [0.717, 1.165) is 0 Å². The van der Waals surface area contributed by atoms with Gasteiger partial charge in [-0.2, -0.15) is 5.10 Å². The molecule has 2 aromatic heterocycles. The van der Waals surface area contributed by atoms with Gasteiger partial charge in [-0.3, -0.25) is 15.2 Å². The molecule has 2 N–H and O–H groups in total. The van der Waals surface area contributed by atoms with E-state index in [-0.39, 0.29) is 11.7 Å². The third kappa shape index (κ3) is 2.42. The number of H-pyrrole nitrogens is 1. The zero-order chi connectivity index (χ0) is 13.1. The van der Waals surface area contributed by atoms with Crippen LogP contribution in [0.4, 0.5) is 11.5 Å². The number of pyridine rings is 1. The Labute approximate surface area is 103 Å². The third-order valence-corrected chi connectivity index (χ3v) is 2.49. The summed E-state index contributed by atoms with van der Waals surface area (Å²) >= 11 is 0. The van der Waals surface area contributed by atoms with E-state index in [2.05, 4.69) is 25.5 Å². The van der Waals surface area contributed by atoms with E-state index in [4.69, 9.17) is 0 Å². The Morgan fingerprint density at radius 1 is 1.50 bits per heavy atom. The first-order valence-corrected chi connectivity index (χ1v) is 5.30. The van der Waals surface area contributed by atoms with Crippen molar-refractivity contribution in [3.63, 3.8) is 0 Å². The molecule has 2 heterocycles. The van der Waals surface area contributed by atoms with Crippen molar-refractivity contribution >= 4 is 11.5 Å². The number of nitrogens with zero attached hydrogens (tertiary/aromatic N) is 4. The van der Waals surface area contributed by atoms with Crippen LogP contribution in [0.5, 0.6) is 0 Å². The van der Waals surface area contributed by atoms with Gasteiger partial charge in [-0.05, 0) is 19.9 Å². The number of aryl methyl sites for hydroxylation is 1. The third-order valence-electron chi connectivity index (χ3n) is 2.49. The Morgan fingerprint density at radius 3 is 2.83 bits per heavy atom. The van der Waals surface area contributed by atoms with Crippen molar-refractivity contribution < 1.29 is 4.92 Å². The summed E-state index contributed by atoms with van der Waals surface area (Å²) in [6.45, 7) is 3.56. The molecule has 0 fully saturated rings. The second kappa shape index (κ2) is 4.78. The average Bonchev–Trinajstić information content (AvgIpc) is 2.81. The predicted octanol–water partition coefficient (Wildman–Crippen LogP) is 1.59. The highest BCUT2D eigenvalue weighted by atomic mass is 16.6. The lowest BCUT2D eigenvalue weighted by molar-refractivity contribution is -0.385. The maximum Gasteiger partial charge on any atom is 0.290 e. The number of hydrogen-bond acceptors (Lipinski definition) is 6. The van der Waals surface area contributed by atoms with Gasteiger partial charge >= 0.3 is 0 Å². The zero-order valence-electron chi connectivity index (χ0n) is 9.91. The van der Waals surface area contributed by atoms with Crippen LogP contribution in [0.2, 0.25) is 0 Å². The number of aromatic amines is 1. The first-order chi connectivity index (χ1) is 8.58. The Kier molecular flexibility index (Phi) is 3.18. The molecule has 0 bridgehead atoms. The van der Waals surface area contributed by atoms with Crippen LogP contribution >= 0.6 is 0 Å². The summed E-state index contributed by atoms with van der Waals surface area (Å²) in [7, 11) is 0. The maximum atomic E-state index is 10.7. The topological polar surface area (TPSA) is 110 Å². The molecule has 2 rings (SSSR count). The van der Waals surface area contributed by atoms with E-state index in [1.165, 1.54) is 12.5 Å². The second-order valence-corrected chi connectivity index (χ2v) is 3.85. The molecule has 0 amide bonds. The summed E-state index contributed by atoms with van der Waals surface area (Å²) in [5.41, 5.74) is 0.565. The Balaban J connectivity index is 2.15. The van der Waals surface area contributed by atoms with Gasteiger partial charge in [0, 0.05) is 5.56 Å². The SMILES string of the molecule is Cc1cc(NC(C)c2ncn[nH]2)ncc1[N+](=O)[O-]. The van der Waals surface area contributed by atoms with Crippen molar-refractivity contribution in [3.8, 4) is 0 Å². The quantitative estimate of drug-likeness (QED) is 0.628. The van der Waals surface area contributed by atoms with Gasteiger partial charge in [-0.1, -0.05) is 0 Å². The minimum atomic E-state index is -0.452. The fourth-order valence-electron chi connectivity index (χ4n) is 1.53. The fraction of sp³-hybridized carbons (Fsp3) is 0.300. The molecule has 0 saturated heterocycles. The number of nitro groups is 1.